The molecule has 0 radical (unpaired) electrons. The molecule has 0 saturated carbocycles. The van der Waals surface area contributed by atoms with Crippen LogP contribution in [0.3, 0.4) is 0 Å². The molecule has 0 atom stereocenters. The molecule has 4 rings (SSSR count). The SMILES string of the molecule is C=C/C=C(/Nc1c(C)cc(OC)cc1OC)c1ccc(Oc2c(C)cc3c(c2C)C(C)(C)CC3)o1. The van der Waals surface area contributed by atoms with Crippen molar-refractivity contribution in [1.29, 1.82) is 0 Å². The number of nitrogens with one attached hydrogen (secondary N) is 1. The molecule has 1 aliphatic carbocycles. The molecule has 5 heteroatoms. The highest BCUT2D eigenvalue weighted by molar-refractivity contribution is 5.80. The van der Waals surface area contributed by atoms with E-state index in [0.717, 1.165) is 46.9 Å². The van der Waals surface area contributed by atoms with Crippen molar-refractivity contribution in [3.63, 3.8) is 0 Å². The number of allylic oxidation sites excluding steroid dienone is 2. The normalized spacial score (nSPS) is 14.4. The van der Waals surface area contributed by atoms with Gasteiger partial charge in [0, 0.05) is 12.1 Å². The summed E-state index contributed by atoms with van der Waals surface area (Å²) in [5.41, 5.74) is 7.85. The van der Waals surface area contributed by atoms with E-state index in [1.54, 1.807) is 20.3 Å². The first-order valence-corrected chi connectivity index (χ1v) is 11.9. The van der Waals surface area contributed by atoms with Gasteiger partial charge in [0.1, 0.15) is 17.2 Å². The number of anilines is 1. The first-order chi connectivity index (χ1) is 16.7. The van der Waals surface area contributed by atoms with E-state index in [2.05, 4.69) is 45.7 Å². The van der Waals surface area contributed by atoms with Crippen LogP contribution in [0.1, 0.15) is 53.8 Å². The first kappa shape index (κ1) is 24.5. The van der Waals surface area contributed by atoms with E-state index >= 15 is 0 Å². The molecule has 184 valence electrons. The van der Waals surface area contributed by atoms with Crippen molar-refractivity contribution in [1.82, 2.24) is 0 Å². The topological polar surface area (TPSA) is 52.9 Å². The van der Waals surface area contributed by atoms with Gasteiger partial charge in [0.15, 0.2) is 5.76 Å². The third-order valence-electron chi connectivity index (χ3n) is 6.80. The maximum absolute atomic E-state index is 6.33. The third-order valence-corrected chi connectivity index (χ3v) is 6.80. The van der Waals surface area contributed by atoms with Crippen molar-refractivity contribution in [2.45, 2.75) is 52.9 Å². The lowest BCUT2D eigenvalue weighted by molar-refractivity contribution is 0.339. The van der Waals surface area contributed by atoms with Crippen LogP contribution in [0.15, 0.2) is 53.5 Å². The highest BCUT2D eigenvalue weighted by atomic mass is 16.6. The molecule has 1 aromatic heterocycles. The maximum Gasteiger partial charge on any atom is 0.290 e. The number of fused-ring (bicyclic) bond motifs is 1. The fourth-order valence-corrected chi connectivity index (χ4v) is 5.14. The second-order valence-corrected chi connectivity index (χ2v) is 9.75. The Morgan fingerprint density at radius 3 is 2.51 bits per heavy atom. The van der Waals surface area contributed by atoms with Crippen LogP contribution in [0, 0.1) is 20.8 Å². The quantitative estimate of drug-likeness (QED) is 0.337. The average molecular weight is 474 g/mol. The molecule has 1 N–H and O–H groups in total. The molecule has 35 heavy (non-hydrogen) atoms. The Morgan fingerprint density at radius 2 is 1.83 bits per heavy atom. The van der Waals surface area contributed by atoms with Gasteiger partial charge in [-0.1, -0.05) is 32.6 Å². The van der Waals surface area contributed by atoms with E-state index in [4.69, 9.17) is 18.6 Å². The molecule has 0 aliphatic heterocycles. The molecular weight excluding hydrogens is 438 g/mol. The first-order valence-electron chi connectivity index (χ1n) is 11.9. The fourth-order valence-electron chi connectivity index (χ4n) is 5.14. The third kappa shape index (κ3) is 4.68. The highest BCUT2D eigenvalue weighted by Crippen LogP contribution is 2.45. The van der Waals surface area contributed by atoms with Crippen LogP contribution in [0.5, 0.6) is 23.2 Å². The van der Waals surface area contributed by atoms with Crippen LogP contribution in [0.2, 0.25) is 0 Å². The summed E-state index contributed by atoms with van der Waals surface area (Å²) in [6.45, 7) is 14.7. The van der Waals surface area contributed by atoms with Crippen molar-refractivity contribution in [3.8, 4) is 23.2 Å². The van der Waals surface area contributed by atoms with Gasteiger partial charge in [0.2, 0.25) is 0 Å². The minimum Gasteiger partial charge on any atom is -0.497 e. The summed E-state index contributed by atoms with van der Waals surface area (Å²) in [7, 11) is 3.28. The summed E-state index contributed by atoms with van der Waals surface area (Å²) >= 11 is 0. The van der Waals surface area contributed by atoms with Crippen LogP contribution >= 0.6 is 0 Å². The van der Waals surface area contributed by atoms with E-state index < -0.39 is 0 Å². The zero-order valence-electron chi connectivity index (χ0n) is 21.8. The van der Waals surface area contributed by atoms with Gasteiger partial charge >= 0.3 is 0 Å². The lowest BCUT2D eigenvalue weighted by atomic mass is 9.83. The van der Waals surface area contributed by atoms with E-state index in [-0.39, 0.29) is 5.41 Å². The highest BCUT2D eigenvalue weighted by Gasteiger charge is 2.33. The Labute approximate surface area is 208 Å². The smallest absolute Gasteiger partial charge is 0.290 e. The number of ether oxygens (including phenoxy) is 3. The van der Waals surface area contributed by atoms with Gasteiger partial charge in [-0.25, -0.2) is 0 Å². The number of furan rings is 1. The summed E-state index contributed by atoms with van der Waals surface area (Å²) in [6, 6.07) is 9.81. The van der Waals surface area contributed by atoms with Gasteiger partial charge in [-0.2, -0.15) is 0 Å². The monoisotopic (exact) mass is 473 g/mol. The number of hydrogen-bond donors (Lipinski definition) is 1. The Kier molecular flexibility index (Phi) is 6.70. The van der Waals surface area contributed by atoms with Crippen molar-refractivity contribution in [3.05, 3.63) is 82.6 Å². The van der Waals surface area contributed by atoms with E-state index in [1.807, 2.05) is 37.3 Å². The molecule has 0 spiro atoms. The minimum atomic E-state index is 0.151. The van der Waals surface area contributed by atoms with Gasteiger partial charge in [-0.15, -0.1) is 0 Å². The predicted molar refractivity (Wildman–Crippen MR) is 142 cm³/mol. The second kappa shape index (κ2) is 9.57. The maximum atomic E-state index is 6.33. The van der Waals surface area contributed by atoms with Crippen LogP contribution in [0.25, 0.3) is 5.70 Å². The molecule has 1 heterocycles. The molecule has 0 unspecified atom stereocenters. The number of aryl methyl sites for hydroxylation is 3. The van der Waals surface area contributed by atoms with Crippen molar-refractivity contribution in [2.75, 3.05) is 19.5 Å². The molecule has 0 bridgehead atoms. The Hall–Kier alpha value is -3.60. The molecule has 1 aliphatic rings. The number of rotatable bonds is 8. The van der Waals surface area contributed by atoms with Gasteiger partial charge in [-0.3, -0.25) is 0 Å². The molecule has 0 fully saturated rings. The molecule has 0 saturated heterocycles. The Balaban J connectivity index is 1.64. The summed E-state index contributed by atoms with van der Waals surface area (Å²) in [6.07, 6.45) is 5.85. The molecular formula is C30H35NO4. The zero-order valence-corrected chi connectivity index (χ0v) is 21.8. The van der Waals surface area contributed by atoms with E-state index in [0.29, 0.717) is 17.5 Å². The van der Waals surface area contributed by atoms with E-state index in [9.17, 15) is 0 Å². The van der Waals surface area contributed by atoms with Gasteiger partial charge in [0.05, 0.1) is 25.6 Å². The van der Waals surface area contributed by atoms with Crippen LogP contribution in [0.4, 0.5) is 5.69 Å². The molecule has 5 nitrogen and oxygen atoms in total. The van der Waals surface area contributed by atoms with E-state index in [1.165, 1.54) is 16.7 Å². The van der Waals surface area contributed by atoms with Crippen molar-refractivity contribution >= 4 is 11.4 Å². The number of benzene rings is 2. The average Bonchev–Trinajstić information content (AvgIpc) is 3.40. The lowest BCUT2D eigenvalue weighted by Crippen LogP contribution is -2.14. The zero-order chi connectivity index (χ0) is 25.3. The second-order valence-electron chi connectivity index (χ2n) is 9.75. The minimum absolute atomic E-state index is 0.151. The molecule has 2 aromatic carbocycles. The number of hydrogen-bond acceptors (Lipinski definition) is 5. The van der Waals surface area contributed by atoms with Crippen LogP contribution < -0.4 is 19.5 Å². The predicted octanol–water partition coefficient (Wildman–Crippen LogP) is 7.88. The lowest BCUT2D eigenvalue weighted by Gasteiger charge is -2.23. The van der Waals surface area contributed by atoms with Crippen LogP contribution in [-0.4, -0.2) is 14.2 Å². The summed E-state index contributed by atoms with van der Waals surface area (Å²) < 4.78 is 23.4. The van der Waals surface area contributed by atoms with Crippen molar-refractivity contribution < 1.29 is 18.6 Å². The Morgan fingerprint density at radius 1 is 1.06 bits per heavy atom. The van der Waals surface area contributed by atoms with Gasteiger partial charge in [-0.05, 0) is 85.1 Å². The number of methoxy groups -OCH3 is 2. The fraction of sp³-hybridized carbons (Fsp3) is 0.333. The molecule has 3 aromatic rings. The van der Waals surface area contributed by atoms with Gasteiger partial charge < -0.3 is 23.9 Å². The van der Waals surface area contributed by atoms with Gasteiger partial charge in [0.25, 0.3) is 5.95 Å². The van der Waals surface area contributed by atoms with Crippen molar-refractivity contribution in [2.24, 2.45) is 0 Å². The summed E-state index contributed by atoms with van der Waals surface area (Å²) in [5, 5.41) is 3.44. The summed E-state index contributed by atoms with van der Waals surface area (Å²) in [5.74, 6) is 3.35. The summed E-state index contributed by atoms with van der Waals surface area (Å²) in [4.78, 5) is 0. The Bertz CT molecular complexity index is 1300. The van der Waals surface area contributed by atoms with Crippen LogP contribution in [-0.2, 0) is 11.8 Å². The standard InChI is InChI=1S/C30H35NO4/c1-9-10-23(31-28-18(2)16-22(32-7)17-25(28)33-8)24-11-12-26(34-24)35-29-19(3)15-21-13-14-30(5,6)27(21)20(29)4/h9-12,15-17,31H,1,13-14H2,2-8H3/b23-10+. The largest absolute Gasteiger partial charge is 0.497 e. The molecule has 0 amide bonds.